The third-order valence-electron chi connectivity index (χ3n) is 16.8. The summed E-state index contributed by atoms with van der Waals surface area (Å²) in [4.78, 5) is 2.49. The van der Waals surface area contributed by atoms with Crippen LogP contribution in [0.15, 0.2) is 259 Å². The largest absolute Gasteiger partial charge is 0.456 e. The Balaban J connectivity index is 1.02. The molecule has 0 bridgehead atoms. The molecule has 4 aliphatic rings. The molecule has 3 nitrogen and oxygen atoms in total. The lowest BCUT2D eigenvalue weighted by molar-refractivity contribution is 0.447. The first-order valence-corrected chi connectivity index (χ1v) is 25.6. The van der Waals surface area contributed by atoms with Gasteiger partial charge in [0.25, 0.3) is 0 Å². The smallest absolute Gasteiger partial charge is 0.140 e. The van der Waals surface area contributed by atoms with Crippen molar-refractivity contribution in [1.29, 1.82) is 0 Å². The summed E-state index contributed by atoms with van der Waals surface area (Å²) in [5.41, 5.74) is 20.5. The lowest BCUT2D eigenvalue weighted by atomic mass is 9.65. The number of anilines is 3. The molecule has 3 aliphatic carbocycles. The molecule has 0 unspecified atom stereocenters. The molecule has 2 spiro atoms. The van der Waals surface area contributed by atoms with E-state index in [4.69, 9.17) is 9.15 Å². The fraction of sp³-hybridized carbons (Fsp3) is 0.0423. The molecule has 1 aromatic heterocycles. The van der Waals surface area contributed by atoms with E-state index in [0.29, 0.717) is 0 Å². The van der Waals surface area contributed by atoms with Crippen molar-refractivity contribution in [2.75, 3.05) is 4.90 Å². The van der Waals surface area contributed by atoms with Crippen molar-refractivity contribution in [2.45, 2.75) is 17.8 Å². The van der Waals surface area contributed by atoms with Crippen LogP contribution in [0.2, 0.25) is 0 Å². The van der Waals surface area contributed by atoms with Crippen LogP contribution in [0.1, 0.15) is 51.4 Å². The van der Waals surface area contributed by atoms with Crippen LogP contribution in [0.3, 0.4) is 0 Å². The third kappa shape index (κ3) is 5.10. The number of rotatable bonds is 5. The maximum absolute atomic E-state index is 7.35. The van der Waals surface area contributed by atoms with Crippen molar-refractivity contribution in [3.8, 4) is 33.8 Å². The fourth-order valence-electron chi connectivity index (χ4n) is 14.0. The summed E-state index contributed by atoms with van der Waals surface area (Å²) in [6, 6.07) is 82.8. The van der Waals surface area contributed by atoms with Gasteiger partial charge in [-0.3, -0.25) is 0 Å². The maximum Gasteiger partial charge on any atom is 0.140 e. The van der Waals surface area contributed by atoms with E-state index < -0.39 is 10.8 Å². The summed E-state index contributed by atoms with van der Waals surface area (Å²) in [5, 5.41) is 6.67. The minimum atomic E-state index is -0.725. The van der Waals surface area contributed by atoms with Gasteiger partial charge in [0.15, 0.2) is 0 Å². The first-order chi connectivity index (χ1) is 36.6. The van der Waals surface area contributed by atoms with Gasteiger partial charge in [0.05, 0.1) is 16.5 Å². The van der Waals surface area contributed by atoms with Crippen molar-refractivity contribution in [3.05, 3.63) is 299 Å². The molecule has 0 atom stereocenters. The lowest BCUT2D eigenvalue weighted by Crippen LogP contribution is -2.32. The molecule has 74 heavy (non-hydrogen) atoms. The van der Waals surface area contributed by atoms with Crippen LogP contribution in [-0.4, -0.2) is 0 Å². The zero-order chi connectivity index (χ0) is 48.9. The van der Waals surface area contributed by atoms with Crippen LogP contribution in [0.4, 0.5) is 17.1 Å². The first-order valence-electron chi connectivity index (χ1n) is 25.6. The Labute approximate surface area is 428 Å². The second-order valence-electron chi connectivity index (χ2n) is 20.1. The predicted molar refractivity (Wildman–Crippen MR) is 304 cm³/mol. The van der Waals surface area contributed by atoms with Gasteiger partial charge in [0.1, 0.15) is 22.7 Å². The molecule has 0 amide bonds. The van der Waals surface area contributed by atoms with E-state index in [-0.39, 0.29) is 0 Å². The third-order valence-corrected chi connectivity index (χ3v) is 16.8. The quantitative estimate of drug-likeness (QED) is 0.172. The van der Waals surface area contributed by atoms with Crippen LogP contribution in [0.25, 0.3) is 71.3 Å². The monoisotopic (exact) mass is 943 g/mol. The number of ether oxygens (including phenoxy) is 1. The van der Waals surface area contributed by atoms with Crippen LogP contribution in [0, 0.1) is 0 Å². The zero-order valence-corrected chi connectivity index (χ0v) is 40.6. The van der Waals surface area contributed by atoms with Crippen molar-refractivity contribution >= 4 is 66.1 Å². The minimum absolute atomic E-state index is 0.584. The number of furan rings is 1. The highest BCUT2D eigenvalue weighted by Crippen LogP contribution is 2.67. The average molecular weight is 944 g/mol. The molecule has 0 fully saturated rings. The standard InChI is InChI=1S/C71H45NO2/c1-3-18-56-47(4-2)52-37-35-45(41-63(52)70(56)57-27-13-9-23-50(57)51-24-10-14-28-58(51)70)72(46-36-38-54-53-25-12-16-32-65(53)73-66(54)42-46)64-31-17-30-60-67(64)55-26-11-15-29-59(55)71(60)61-39-33-43-19-5-7-21-48(43)68(61)74-69-49-22-8-6-20-44(49)34-40-62(69)71/h3-42H,2H2,1H3/b18-3-. The number of hydrogen-bond donors (Lipinski definition) is 0. The van der Waals surface area contributed by atoms with Crippen molar-refractivity contribution in [1.82, 2.24) is 0 Å². The predicted octanol–water partition coefficient (Wildman–Crippen LogP) is 18.7. The number of allylic oxidation sites excluding steroid dienone is 5. The van der Waals surface area contributed by atoms with Crippen LogP contribution < -0.4 is 9.64 Å². The Kier molecular flexibility index (Phi) is 8.38. The highest BCUT2D eigenvalue weighted by Gasteiger charge is 2.54. The van der Waals surface area contributed by atoms with Crippen molar-refractivity contribution in [3.63, 3.8) is 0 Å². The summed E-state index contributed by atoms with van der Waals surface area (Å²) >= 11 is 0. The summed E-state index contributed by atoms with van der Waals surface area (Å²) in [6.45, 7) is 6.61. The molecule has 346 valence electrons. The number of para-hydroxylation sites is 1. The van der Waals surface area contributed by atoms with Gasteiger partial charge in [0, 0.05) is 55.7 Å². The maximum atomic E-state index is 7.35. The normalized spacial score (nSPS) is 14.8. The molecule has 11 aromatic carbocycles. The van der Waals surface area contributed by atoms with E-state index in [2.05, 4.69) is 255 Å². The Morgan fingerprint density at radius 1 is 0.419 bits per heavy atom. The van der Waals surface area contributed by atoms with Crippen LogP contribution in [-0.2, 0) is 10.8 Å². The van der Waals surface area contributed by atoms with Crippen LogP contribution >= 0.6 is 0 Å². The molecular weight excluding hydrogens is 899 g/mol. The van der Waals surface area contributed by atoms with Gasteiger partial charge in [-0.05, 0) is 115 Å². The van der Waals surface area contributed by atoms with Gasteiger partial charge in [-0.15, -0.1) is 0 Å². The molecule has 0 radical (unpaired) electrons. The highest BCUT2D eigenvalue weighted by molar-refractivity contribution is 6.08. The number of fused-ring (bicyclic) bond motifs is 23. The van der Waals surface area contributed by atoms with Crippen molar-refractivity contribution < 1.29 is 9.15 Å². The van der Waals surface area contributed by atoms with E-state index in [1.54, 1.807) is 0 Å². The SMILES string of the molecule is C=CC1=C(/C=C\C)C2(c3cc(N(c4ccc5c(c4)oc4ccccc45)c4cccc5c4-c4ccccc4C54c5ccc6ccccc6c5Oc5c4ccc4ccccc54)ccc31)c1ccccc1-c1ccccc12. The average Bonchev–Trinajstić information content (AvgIpc) is 4.19. The topological polar surface area (TPSA) is 25.6 Å². The second kappa shape index (κ2) is 15.1. The molecule has 3 heteroatoms. The Hall–Kier alpha value is -9.44. The van der Waals surface area contributed by atoms with E-state index in [0.717, 1.165) is 88.7 Å². The van der Waals surface area contributed by atoms with Gasteiger partial charge in [-0.2, -0.15) is 0 Å². The summed E-state index contributed by atoms with van der Waals surface area (Å²) < 4.78 is 14.1. The molecule has 1 aliphatic heterocycles. The minimum Gasteiger partial charge on any atom is -0.456 e. The van der Waals surface area contributed by atoms with Crippen LogP contribution in [0.5, 0.6) is 11.5 Å². The molecule has 0 saturated carbocycles. The number of hydrogen-bond acceptors (Lipinski definition) is 3. The molecular formula is C71H45NO2. The highest BCUT2D eigenvalue weighted by atomic mass is 16.5. The first kappa shape index (κ1) is 41.2. The Morgan fingerprint density at radius 3 is 1.65 bits per heavy atom. The summed E-state index contributed by atoms with van der Waals surface area (Å²) in [7, 11) is 0. The number of benzene rings is 11. The van der Waals surface area contributed by atoms with Gasteiger partial charge in [0.2, 0.25) is 0 Å². The molecule has 0 N–H and O–H groups in total. The lowest BCUT2D eigenvalue weighted by Gasteiger charge is -2.40. The number of nitrogens with zero attached hydrogens (tertiary/aromatic N) is 1. The fourth-order valence-corrected chi connectivity index (χ4v) is 14.0. The summed E-state index contributed by atoms with van der Waals surface area (Å²) in [5.74, 6) is 1.80. The Morgan fingerprint density at radius 2 is 0.973 bits per heavy atom. The zero-order valence-electron chi connectivity index (χ0n) is 40.6. The Bertz CT molecular complexity index is 4390. The molecule has 16 rings (SSSR count). The molecule has 0 saturated heterocycles. The van der Waals surface area contributed by atoms with Gasteiger partial charge in [-0.1, -0.05) is 207 Å². The van der Waals surface area contributed by atoms with Gasteiger partial charge < -0.3 is 14.1 Å². The van der Waals surface area contributed by atoms with E-state index in [1.807, 2.05) is 6.07 Å². The molecule has 2 heterocycles. The molecule has 12 aromatic rings. The summed E-state index contributed by atoms with van der Waals surface area (Å²) in [6.07, 6.45) is 6.57. The van der Waals surface area contributed by atoms with Gasteiger partial charge >= 0.3 is 0 Å². The van der Waals surface area contributed by atoms with E-state index in [1.165, 1.54) is 61.2 Å². The second-order valence-corrected chi connectivity index (χ2v) is 20.1. The van der Waals surface area contributed by atoms with Gasteiger partial charge in [-0.25, -0.2) is 0 Å². The van der Waals surface area contributed by atoms with Crippen molar-refractivity contribution in [2.24, 2.45) is 0 Å². The van der Waals surface area contributed by atoms with E-state index in [9.17, 15) is 0 Å². The van der Waals surface area contributed by atoms with E-state index >= 15 is 0 Å².